The van der Waals surface area contributed by atoms with Crippen LogP contribution >= 0.6 is 43.5 Å². The Morgan fingerprint density at radius 2 is 1.57 bits per heavy atom. The van der Waals surface area contributed by atoms with Crippen LogP contribution in [0.4, 0.5) is 0 Å². The van der Waals surface area contributed by atoms with E-state index in [2.05, 4.69) is 31.9 Å². The van der Waals surface area contributed by atoms with Crippen molar-refractivity contribution in [3.63, 3.8) is 0 Å². The molecule has 0 fully saturated rings. The van der Waals surface area contributed by atoms with Gasteiger partial charge in [-0.1, -0.05) is 31.9 Å². The summed E-state index contributed by atoms with van der Waals surface area (Å²) in [4.78, 5) is 0. The summed E-state index contributed by atoms with van der Waals surface area (Å²) in [6.45, 7) is 2.01. The first-order chi connectivity index (χ1) is 9.97. The largest absolute Gasteiger partial charge is 0.493 e. The van der Waals surface area contributed by atoms with Gasteiger partial charge in [-0.3, -0.25) is 0 Å². The van der Waals surface area contributed by atoms with E-state index in [9.17, 15) is 0 Å². The lowest BCUT2D eigenvalue weighted by molar-refractivity contribution is 0.354. The molecule has 0 saturated carbocycles. The number of aryl methyl sites for hydroxylation is 1. The van der Waals surface area contributed by atoms with Crippen LogP contribution in [0.2, 0.25) is 0 Å². The molecule has 0 amide bonds. The lowest BCUT2D eigenvalue weighted by atomic mass is 9.99. The summed E-state index contributed by atoms with van der Waals surface area (Å²) in [5, 5.41) is -0.281. The van der Waals surface area contributed by atoms with Crippen molar-refractivity contribution in [3.8, 4) is 11.5 Å². The Kier molecular flexibility index (Phi) is 5.58. The highest BCUT2D eigenvalue weighted by atomic mass is 79.9. The van der Waals surface area contributed by atoms with E-state index < -0.39 is 0 Å². The normalized spacial score (nSPS) is 12.1. The Labute approximate surface area is 146 Å². The maximum atomic E-state index is 6.69. The Balaban J connectivity index is 2.52. The molecule has 0 heterocycles. The van der Waals surface area contributed by atoms with Gasteiger partial charge in [-0.25, -0.2) is 0 Å². The average molecular weight is 435 g/mol. The summed E-state index contributed by atoms with van der Waals surface area (Å²) in [6, 6.07) is 9.83. The van der Waals surface area contributed by atoms with Gasteiger partial charge in [-0.05, 0) is 53.9 Å². The van der Waals surface area contributed by atoms with Gasteiger partial charge in [0, 0.05) is 8.95 Å². The van der Waals surface area contributed by atoms with Crippen LogP contribution in [-0.4, -0.2) is 14.2 Å². The molecule has 1 atom stereocenters. The van der Waals surface area contributed by atoms with Gasteiger partial charge in [0.25, 0.3) is 0 Å². The van der Waals surface area contributed by atoms with Crippen LogP contribution in [0.15, 0.2) is 39.3 Å². The number of methoxy groups -OCH3 is 2. The third-order valence-electron chi connectivity index (χ3n) is 3.28. The second-order valence-corrected chi connectivity index (χ2v) is 6.80. The quantitative estimate of drug-likeness (QED) is 0.561. The highest BCUT2D eigenvalue weighted by molar-refractivity contribution is 9.11. The van der Waals surface area contributed by atoms with E-state index in [1.54, 1.807) is 14.2 Å². The molecule has 0 spiro atoms. The number of ether oxygens (including phenoxy) is 2. The van der Waals surface area contributed by atoms with Crippen molar-refractivity contribution in [2.24, 2.45) is 0 Å². The first-order valence-corrected chi connectivity index (χ1v) is 8.31. The molecule has 1 unspecified atom stereocenters. The zero-order chi connectivity index (χ0) is 15.6. The fraction of sp³-hybridized carbons (Fsp3) is 0.250. The summed E-state index contributed by atoms with van der Waals surface area (Å²) >= 11 is 13.7. The van der Waals surface area contributed by atoms with Gasteiger partial charge in [0.05, 0.1) is 19.6 Å². The highest BCUT2D eigenvalue weighted by Crippen LogP contribution is 2.40. The number of hydrogen-bond acceptors (Lipinski definition) is 2. The smallest absolute Gasteiger partial charge is 0.161 e. The fourth-order valence-electron chi connectivity index (χ4n) is 2.15. The molecule has 0 aliphatic carbocycles. The Hall–Kier alpha value is -0.710. The van der Waals surface area contributed by atoms with Gasteiger partial charge < -0.3 is 9.47 Å². The number of alkyl halides is 1. The van der Waals surface area contributed by atoms with Crippen LogP contribution in [0.25, 0.3) is 0 Å². The molecule has 2 rings (SSSR count). The van der Waals surface area contributed by atoms with Crippen LogP contribution in [0.1, 0.15) is 22.1 Å². The molecule has 2 nitrogen and oxygen atoms in total. The maximum Gasteiger partial charge on any atom is 0.161 e. The van der Waals surface area contributed by atoms with Crippen molar-refractivity contribution in [2.45, 2.75) is 12.3 Å². The predicted octanol–water partition coefficient (Wildman–Crippen LogP) is 5.87. The van der Waals surface area contributed by atoms with Gasteiger partial charge in [0.15, 0.2) is 11.5 Å². The Morgan fingerprint density at radius 1 is 0.952 bits per heavy atom. The fourth-order valence-corrected chi connectivity index (χ4v) is 3.55. The molecule has 0 saturated heterocycles. The molecule has 0 N–H and O–H groups in total. The van der Waals surface area contributed by atoms with E-state index in [4.69, 9.17) is 21.1 Å². The maximum absolute atomic E-state index is 6.69. The van der Waals surface area contributed by atoms with Crippen molar-refractivity contribution in [2.75, 3.05) is 14.2 Å². The summed E-state index contributed by atoms with van der Waals surface area (Å²) in [5.74, 6) is 1.38. The van der Waals surface area contributed by atoms with E-state index in [1.165, 1.54) is 0 Å². The van der Waals surface area contributed by atoms with E-state index in [0.717, 1.165) is 25.6 Å². The molecule has 2 aromatic carbocycles. The van der Waals surface area contributed by atoms with Crippen molar-refractivity contribution < 1.29 is 9.47 Å². The molecule has 0 radical (unpaired) electrons. The molecule has 2 aromatic rings. The minimum atomic E-state index is -0.281. The lowest BCUT2D eigenvalue weighted by Crippen LogP contribution is -2.00. The number of hydrogen-bond donors (Lipinski definition) is 0. The molecular formula is C16H15Br2ClO2. The van der Waals surface area contributed by atoms with Gasteiger partial charge in [0.2, 0.25) is 0 Å². The second kappa shape index (κ2) is 7.03. The summed E-state index contributed by atoms with van der Waals surface area (Å²) in [7, 11) is 3.25. The monoisotopic (exact) mass is 432 g/mol. The molecule has 5 heteroatoms. The van der Waals surface area contributed by atoms with Gasteiger partial charge in [-0.15, -0.1) is 11.6 Å². The van der Waals surface area contributed by atoms with Crippen molar-refractivity contribution in [1.29, 1.82) is 0 Å². The zero-order valence-electron chi connectivity index (χ0n) is 11.9. The first kappa shape index (κ1) is 16.7. The minimum absolute atomic E-state index is 0.281. The van der Waals surface area contributed by atoms with E-state index in [0.29, 0.717) is 11.5 Å². The molecule has 21 heavy (non-hydrogen) atoms. The summed E-state index contributed by atoms with van der Waals surface area (Å²) < 4.78 is 12.6. The number of benzene rings is 2. The second-order valence-electron chi connectivity index (χ2n) is 4.59. The summed E-state index contributed by atoms with van der Waals surface area (Å²) in [6.07, 6.45) is 0. The molecule has 0 aromatic heterocycles. The van der Waals surface area contributed by atoms with E-state index in [1.807, 2.05) is 37.3 Å². The molecule has 0 aliphatic heterocycles. The zero-order valence-corrected chi connectivity index (χ0v) is 15.8. The third-order valence-corrected chi connectivity index (χ3v) is 4.96. The van der Waals surface area contributed by atoms with Gasteiger partial charge >= 0.3 is 0 Å². The standard InChI is InChI=1S/C16H15Br2ClO2/c1-9-6-14(20-2)15(21-3)8-11(9)16(19)12-7-10(17)4-5-13(12)18/h4-8,16H,1-3H3. The third kappa shape index (κ3) is 3.55. The lowest BCUT2D eigenvalue weighted by Gasteiger charge is -2.18. The highest BCUT2D eigenvalue weighted by Gasteiger charge is 2.19. The number of rotatable bonds is 4. The van der Waals surface area contributed by atoms with E-state index in [-0.39, 0.29) is 5.38 Å². The first-order valence-electron chi connectivity index (χ1n) is 6.29. The van der Waals surface area contributed by atoms with Crippen LogP contribution in [0, 0.1) is 6.92 Å². The van der Waals surface area contributed by atoms with Gasteiger partial charge in [-0.2, -0.15) is 0 Å². The molecule has 0 aliphatic rings. The van der Waals surface area contributed by atoms with E-state index >= 15 is 0 Å². The SMILES string of the molecule is COc1cc(C)c(C(Cl)c2cc(Br)ccc2Br)cc1OC. The van der Waals surface area contributed by atoms with Crippen LogP contribution in [-0.2, 0) is 0 Å². The predicted molar refractivity (Wildman–Crippen MR) is 93.8 cm³/mol. The molecule has 0 bridgehead atoms. The van der Waals surface area contributed by atoms with Crippen molar-refractivity contribution in [1.82, 2.24) is 0 Å². The Bertz CT molecular complexity index is 659. The van der Waals surface area contributed by atoms with Crippen LogP contribution < -0.4 is 9.47 Å². The average Bonchev–Trinajstić information content (AvgIpc) is 2.48. The summed E-state index contributed by atoms with van der Waals surface area (Å²) in [5.41, 5.74) is 3.05. The van der Waals surface area contributed by atoms with Crippen LogP contribution in [0.3, 0.4) is 0 Å². The Morgan fingerprint density at radius 3 is 2.19 bits per heavy atom. The van der Waals surface area contributed by atoms with Crippen molar-refractivity contribution in [3.05, 3.63) is 56.0 Å². The van der Waals surface area contributed by atoms with Crippen molar-refractivity contribution >= 4 is 43.5 Å². The molecule has 112 valence electrons. The minimum Gasteiger partial charge on any atom is -0.493 e. The van der Waals surface area contributed by atoms with Crippen LogP contribution in [0.5, 0.6) is 11.5 Å². The number of halogens is 3. The molecular weight excluding hydrogens is 419 g/mol. The topological polar surface area (TPSA) is 18.5 Å². The van der Waals surface area contributed by atoms with Gasteiger partial charge in [0.1, 0.15) is 0 Å².